The molecule has 0 saturated heterocycles. The number of nitrogens with two attached hydrogens (primary N) is 1. The summed E-state index contributed by atoms with van der Waals surface area (Å²) in [5.41, 5.74) is 7.33. The highest BCUT2D eigenvalue weighted by molar-refractivity contribution is 9.10. The van der Waals surface area contributed by atoms with Crippen LogP contribution in [0, 0.1) is 0 Å². The molecule has 0 saturated carbocycles. The Kier molecular flexibility index (Phi) is 14.7. The molecule has 1 atom stereocenters. The molecule has 0 heterocycles. The molecule has 0 radical (unpaired) electrons. The molecule has 8 nitrogen and oxygen atoms in total. The van der Waals surface area contributed by atoms with Crippen molar-refractivity contribution in [3.8, 4) is 0 Å². The van der Waals surface area contributed by atoms with Gasteiger partial charge in [0.15, 0.2) is 0 Å². The lowest BCUT2D eigenvalue weighted by Crippen LogP contribution is -2.32. The Morgan fingerprint density at radius 2 is 1.77 bits per heavy atom. The Morgan fingerprint density at radius 3 is 2.17 bits per heavy atom. The summed E-state index contributed by atoms with van der Waals surface area (Å²) in [5, 5.41) is 11.5. The van der Waals surface area contributed by atoms with Crippen molar-refractivity contribution in [1.29, 1.82) is 0 Å². The Balaban J connectivity index is 0. The summed E-state index contributed by atoms with van der Waals surface area (Å²) in [5.74, 6) is -1.54. The predicted octanol–water partition coefficient (Wildman–Crippen LogP) is 3.14. The van der Waals surface area contributed by atoms with Crippen LogP contribution in [0.25, 0.3) is 0 Å². The number of carbonyl (C=O) groups is 3. The maximum Gasteiger partial charge on any atom is 0.333 e. The average Bonchev–Trinajstić information content (AvgIpc) is 2.63. The van der Waals surface area contributed by atoms with Crippen molar-refractivity contribution in [2.75, 3.05) is 25.6 Å². The van der Waals surface area contributed by atoms with Gasteiger partial charge in [0.1, 0.15) is 12.6 Å². The van der Waals surface area contributed by atoms with Gasteiger partial charge in [-0.15, -0.1) is 0 Å². The summed E-state index contributed by atoms with van der Waals surface area (Å²) in [6.07, 6.45) is 0.257. The smallest absolute Gasteiger partial charge is 0.333 e. The fourth-order valence-electron chi connectivity index (χ4n) is 1.69. The fraction of sp³-hybridized carbons (Fsp3) is 0.476. The SMILES string of the molecule is C.C=C(C)C(=O)OCCOC.CC(C)(Br)C(=O)Nc1ccc(CC(N)C(=O)O)cc1. The van der Waals surface area contributed by atoms with Crippen molar-refractivity contribution >= 4 is 39.5 Å². The van der Waals surface area contributed by atoms with Gasteiger partial charge in [0, 0.05) is 18.4 Å². The van der Waals surface area contributed by atoms with Crippen molar-refractivity contribution in [2.45, 2.75) is 45.0 Å². The van der Waals surface area contributed by atoms with E-state index in [0.29, 0.717) is 24.5 Å². The second kappa shape index (κ2) is 14.7. The predicted molar refractivity (Wildman–Crippen MR) is 122 cm³/mol. The first-order chi connectivity index (χ1) is 13.4. The molecule has 1 rings (SSSR count). The van der Waals surface area contributed by atoms with E-state index in [2.05, 4.69) is 37.3 Å². The standard InChI is InChI=1S/C13H17BrN2O3.C7H12O3.CH4/c1-13(2,14)12(19)16-9-5-3-8(4-6-9)7-10(15)11(17)18;1-6(2)7(8)10-5-4-9-3;/h3-6,10H,7,15H2,1-2H3,(H,16,19)(H,17,18);1,4-5H2,2-3H3;1H4. The largest absolute Gasteiger partial charge is 0.480 e. The fourth-order valence-corrected chi connectivity index (χ4v) is 1.79. The molecule has 4 N–H and O–H groups in total. The first-order valence-electron chi connectivity index (χ1n) is 8.77. The van der Waals surface area contributed by atoms with E-state index in [9.17, 15) is 14.4 Å². The van der Waals surface area contributed by atoms with Crippen LogP contribution in [0.5, 0.6) is 0 Å². The molecule has 1 aromatic rings. The van der Waals surface area contributed by atoms with Gasteiger partial charge in [0.05, 0.1) is 10.9 Å². The van der Waals surface area contributed by atoms with Crippen molar-refractivity contribution in [1.82, 2.24) is 0 Å². The molecule has 30 heavy (non-hydrogen) atoms. The highest BCUT2D eigenvalue weighted by Crippen LogP contribution is 2.19. The van der Waals surface area contributed by atoms with Crippen molar-refractivity contribution in [2.24, 2.45) is 5.73 Å². The number of carbonyl (C=O) groups excluding carboxylic acids is 2. The molecule has 0 aliphatic rings. The second-order valence-corrected chi connectivity index (χ2v) is 8.66. The number of aliphatic carboxylic acids is 1. The van der Waals surface area contributed by atoms with Gasteiger partial charge >= 0.3 is 11.9 Å². The lowest BCUT2D eigenvalue weighted by Gasteiger charge is -2.16. The van der Waals surface area contributed by atoms with E-state index in [1.165, 1.54) is 0 Å². The minimum Gasteiger partial charge on any atom is -0.480 e. The number of alkyl halides is 1. The second-order valence-electron chi connectivity index (χ2n) is 6.68. The molecule has 0 bridgehead atoms. The van der Waals surface area contributed by atoms with Gasteiger partial charge in [-0.2, -0.15) is 0 Å². The van der Waals surface area contributed by atoms with Crippen molar-refractivity contribution < 1.29 is 29.0 Å². The Labute approximate surface area is 186 Å². The summed E-state index contributed by atoms with van der Waals surface area (Å²) < 4.78 is 8.70. The number of carboxylic acid groups (broad SMARTS) is 1. The lowest BCUT2D eigenvalue weighted by atomic mass is 10.1. The van der Waals surface area contributed by atoms with Gasteiger partial charge in [-0.3, -0.25) is 9.59 Å². The van der Waals surface area contributed by atoms with E-state index in [-0.39, 0.29) is 25.7 Å². The van der Waals surface area contributed by atoms with Crippen LogP contribution in [-0.4, -0.2) is 53.6 Å². The minimum atomic E-state index is -1.03. The number of benzene rings is 1. The van der Waals surface area contributed by atoms with Crippen LogP contribution in [0.4, 0.5) is 5.69 Å². The van der Waals surface area contributed by atoms with Crippen LogP contribution in [0.1, 0.15) is 33.8 Å². The number of halogens is 1. The molecular weight excluding hydrogens is 456 g/mol. The number of hydrogen-bond donors (Lipinski definition) is 3. The van der Waals surface area contributed by atoms with Crippen LogP contribution in [-0.2, 0) is 30.3 Å². The third-order valence-corrected chi connectivity index (χ3v) is 3.75. The van der Waals surface area contributed by atoms with Gasteiger partial charge in [-0.05, 0) is 44.9 Å². The number of ether oxygens (including phenoxy) is 2. The van der Waals surface area contributed by atoms with Gasteiger partial charge in [0.2, 0.25) is 5.91 Å². The number of amides is 1. The molecule has 1 amide bonds. The molecule has 170 valence electrons. The highest BCUT2D eigenvalue weighted by atomic mass is 79.9. The van der Waals surface area contributed by atoms with Gasteiger partial charge < -0.3 is 25.6 Å². The van der Waals surface area contributed by atoms with E-state index in [0.717, 1.165) is 5.56 Å². The number of carboxylic acids is 1. The van der Waals surface area contributed by atoms with E-state index >= 15 is 0 Å². The number of methoxy groups -OCH3 is 1. The lowest BCUT2D eigenvalue weighted by molar-refractivity contribution is -0.140. The molecule has 1 aromatic carbocycles. The molecule has 0 spiro atoms. The van der Waals surface area contributed by atoms with Gasteiger partial charge in [-0.1, -0.05) is 42.1 Å². The first kappa shape index (κ1) is 30.0. The van der Waals surface area contributed by atoms with Crippen LogP contribution in [0.2, 0.25) is 0 Å². The number of rotatable bonds is 9. The van der Waals surface area contributed by atoms with E-state index in [1.807, 2.05) is 0 Å². The van der Waals surface area contributed by atoms with Crippen LogP contribution in [0.3, 0.4) is 0 Å². The molecule has 0 aliphatic heterocycles. The number of nitrogens with one attached hydrogen (secondary N) is 1. The molecule has 1 unspecified atom stereocenters. The first-order valence-corrected chi connectivity index (χ1v) is 9.57. The summed E-state index contributed by atoms with van der Waals surface area (Å²) in [4.78, 5) is 33.0. The number of hydrogen-bond acceptors (Lipinski definition) is 6. The van der Waals surface area contributed by atoms with Gasteiger partial charge in [0.25, 0.3) is 0 Å². The summed E-state index contributed by atoms with van der Waals surface area (Å²) in [6, 6.07) is 6.03. The van der Waals surface area contributed by atoms with Crippen LogP contribution < -0.4 is 11.1 Å². The number of anilines is 1. The highest BCUT2D eigenvalue weighted by Gasteiger charge is 2.23. The third kappa shape index (κ3) is 13.1. The van der Waals surface area contributed by atoms with E-state index < -0.39 is 16.3 Å². The Hall–Kier alpha value is -2.23. The summed E-state index contributed by atoms with van der Waals surface area (Å²) >= 11 is 3.27. The van der Waals surface area contributed by atoms with E-state index in [4.69, 9.17) is 10.8 Å². The third-order valence-electron chi connectivity index (χ3n) is 3.39. The molecule has 0 fully saturated rings. The Bertz CT molecular complexity index is 698. The minimum absolute atomic E-state index is 0. The van der Waals surface area contributed by atoms with Crippen LogP contribution >= 0.6 is 15.9 Å². The van der Waals surface area contributed by atoms with Crippen molar-refractivity contribution in [3.05, 3.63) is 42.0 Å². The molecule has 9 heteroatoms. The average molecular weight is 489 g/mol. The van der Waals surface area contributed by atoms with Crippen LogP contribution in [0.15, 0.2) is 36.4 Å². The van der Waals surface area contributed by atoms with Crippen molar-refractivity contribution in [3.63, 3.8) is 0 Å². The molecule has 0 aliphatic carbocycles. The summed E-state index contributed by atoms with van der Waals surface area (Å²) in [6.45, 7) is 9.25. The molecular formula is C21H33BrN2O6. The zero-order valence-corrected chi connectivity index (χ0v) is 18.7. The summed E-state index contributed by atoms with van der Waals surface area (Å²) in [7, 11) is 1.55. The number of esters is 1. The normalized spacial score (nSPS) is 11.1. The quantitative estimate of drug-likeness (QED) is 0.210. The van der Waals surface area contributed by atoms with Gasteiger partial charge in [-0.25, -0.2) is 4.79 Å². The zero-order valence-electron chi connectivity index (χ0n) is 17.2. The monoisotopic (exact) mass is 488 g/mol. The Morgan fingerprint density at radius 1 is 1.23 bits per heavy atom. The maximum atomic E-state index is 11.7. The topological polar surface area (TPSA) is 128 Å². The van der Waals surface area contributed by atoms with E-state index in [1.54, 1.807) is 52.1 Å². The molecule has 0 aromatic heterocycles. The zero-order chi connectivity index (χ0) is 22.6. The maximum absolute atomic E-state index is 11.7.